The Hall–Kier alpha value is -1.62. The van der Waals surface area contributed by atoms with Crippen molar-refractivity contribution in [1.29, 1.82) is 0 Å². The van der Waals surface area contributed by atoms with Crippen molar-refractivity contribution in [1.82, 2.24) is 19.7 Å². The Labute approximate surface area is 126 Å². The summed E-state index contributed by atoms with van der Waals surface area (Å²) >= 11 is 0. The molecule has 1 aliphatic heterocycles. The number of oxazole rings is 1. The normalized spacial score (nSPS) is 17.5. The first kappa shape index (κ1) is 14.3. The SMILES string of the molecule is CCn1cc(C2CCN(Cc3nc(C)c(C)o3)CC2)cn1. The van der Waals surface area contributed by atoms with E-state index in [0.29, 0.717) is 5.92 Å². The van der Waals surface area contributed by atoms with Crippen molar-refractivity contribution >= 4 is 0 Å². The second kappa shape index (κ2) is 6.02. The van der Waals surface area contributed by atoms with Crippen LogP contribution in [0, 0.1) is 13.8 Å². The summed E-state index contributed by atoms with van der Waals surface area (Å²) in [6, 6.07) is 0. The van der Waals surface area contributed by atoms with Gasteiger partial charge in [0.25, 0.3) is 0 Å². The number of nitrogens with zero attached hydrogens (tertiary/aromatic N) is 4. The van der Waals surface area contributed by atoms with Crippen LogP contribution in [0.25, 0.3) is 0 Å². The quantitative estimate of drug-likeness (QED) is 0.868. The van der Waals surface area contributed by atoms with Gasteiger partial charge in [-0.2, -0.15) is 5.10 Å². The third-order valence-electron chi connectivity index (χ3n) is 4.47. The average molecular weight is 288 g/mol. The van der Waals surface area contributed by atoms with Crippen LogP contribution in [0.2, 0.25) is 0 Å². The van der Waals surface area contributed by atoms with Gasteiger partial charge >= 0.3 is 0 Å². The fourth-order valence-corrected chi connectivity index (χ4v) is 2.99. The van der Waals surface area contributed by atoms with Gasteiger partial charge < -0.3 is 4.42 Å². The summed E-state index contributed by atoms with van der Waals surface area (Å²) in [5, 5.41) is 4.39. The summed E-state index contributed by atoms with van der Waals surface area (Å²) in [4.78, 5) is 6.91. The van der Waals surface area contributed by atoms with Gasteiger partial charge in [0, 0.05) is 12.7 Å². The summed E-state index contributed by atoms with van der Waals surface area (Å²) in [6.45, 7) is 10.1. The molecule has 0 aromatic carbocycles. The van der Waals surface area contributed by atoms with Crippen molar-refractivity contribution in [2.75, 3.05) is 13.1 Å². The van der Waals surface area contributed by atoms with E-state index in [9.17, 15) is 0 Å². The molecule has 0 saturated carbocycles. The summed E-state index contributed by atoms with van der Waals surface area (Å²) in [5.41, 5.74) is 2.39. The largest absolute Gasteiger partial charge is 0.444 e. The Bertz CT molecular complexity index is 574. The summed E-state index contributed by atoms with van der Waals surface area (Å²) in [7, 11) is 0. The Morgan fingerprint density at radius 3 is 2.62 bits per heavy atom. The number of likely N-dealkylation sites (tertiary alicyclic amines) is 1. The van der Waals surface area contributed by atoms with Crippen LogP contribution in [0.15, 0.2) is 16.8 Å². The first-order chi connectivity index (χ1) is 10.2. The van der Waals surface area contributed by atoms with E-state index in [1.54, 1.807) is 0 Å². The minimum atomic E-state index is 0.648. The van der Waals surface area contributed by atoms with Crippen LogP contribution in [-0.4, -0.2) is 32.8 Å². The first-order valence-electron chi connectivity index (χ1n) is 7.83. The summed E-state index contributed by atoms with van der Waals surface area (Å²) < 4.78 is 7.69. The molecule has 0 spiro atoms. The molecular formula is C16H24N4O. The van der Waals surface area contributed by atoms with Gasteiger partial charge in [0.15, 0.2) is 0 Å². The Balaban J connectivity index is 1.55. The Morgan fingerprint density at radius 1 is 1.29 bits per heavy atom. The molecule has 0 amide bonds. The van der Waals surface area contributed by atoms with Crippen LogP contribution in [-0.2, 0) is 13.1 Å². The highest BCUT2D eigenvalue weighted by molar-refractivity contribution is 5.12. The monoisotopic (exact) mass is 288 g/mol. The molecule has 0 unspecified atom stereocenters. The van der Waals surface area contributed by atoms with Gasteiger partial charge in [-0.3, -0.25) is 9.58 Å². The molecule has 3 rings (SSSR count). The van der Waals surface area contributed by atoms with Gasteiger partial charge in [0.05, 0.1) is 18.4 Å². The third kappa shape index (κ3) is 3.18. The maximum atomic E-state index is 5.68. The fraction of sp³-hybridized carbons (Fsp3) is 0.625. The van der Waals surface area contributed by atoms with Crippen molar-refractivity contribution < 1.29 is 4.42 Å². The number of rotatable bonds is 4. The van der Waals surface area contributed by atoms with Crippen LogP contribution in [0.3, 0.4) is 0 Å². The van der Waals surface area contributed by atoms with E-state index in [4.69, 9.17) is 4.42 Å². The molecule has 1 saturated heterocycles. The maximum absolute atomic E-state index is 5.68. The van der Waals surface area contributed by atoms with Gasteiger partial charge in [-0.05, 0) is 58.2 Å². The molecule has 3 heterocycles. The van der Waals surface area contributed by atoms with E-state index < -0.39 is 0 Å². The predicted molar refractivity (Wildman–Crippen MR) is 81.1 cm³/mol. The van der Waals surface area contributed by atoms with Gasteiger partial charge in [-0.15, -0.1) is 0 Å². The lowest BCUT2D eigenvalue weighted by Gasteiger charge is -2.30. The number of hydrogen-bond acceptors (Lipinski definition) is 4. The van der Waals surface area contributed by atoms with Crippen molar-refractivity contribution in [3.05, 3.63) is 35.3 Å². The average Bonchev–Trinajstić information content (AvgIpc) is 3.07. The minimum absolute atomic E-state index is 0.648. The molecule has 5 nitrogen and oxygen atoms in total. The molecule has 1 aliphatic rings. The highest BCUT2D eigenvalue weighted by atomic mass is 16.4. The van der Waals surface area contributed by atoms with Crippen LogP contribution >= 0.6 is 0 Å². The Kier molecular flexibility index (Phi) is 4.10. The molecule has 2 aromatic rings. The standard InChI is InChI=1S/C16H24N4O/c1-4-20-10-15(9-17-20)14-5-7-19(8-6-14)11-16-18-12(2)13(3)21-16/h9-10,14H,4-8,11H2,1-3H3. The van der Waals surface area contributed by atoms with E-state index in [2.05, 4.69) is 28.1 Å². The molecule has 21 heavy (non-hydrogen) atoms. The van der Waals surface area contributed by atoms with Crippen LogP contribution < -0.4 is 0 Å². The lowest BCUT2D eigenvalue weighted by molar-refractivity contribution is 0.187. The van der Waals surface area contributed by atoms with E-state index in [0.717, 1.165) is 43.5 Å². The van der Waals surface area contributed by atoms with Crippen LogP contribution in [0.4, 0.5) is 0 Å². The molecule has 5 heteroatoms. The second-order valence-electron chi connectivity index (χ2n) is 5.93. The highest BCUT2D eigenvalue weighted by Crippen LogP contribution is 2.28. The summed E-state index contributed by atoms with van der Waals surface area (Å²) in [6.07, 6.45) is 6.61. The zero-order valence-electron chi connectivity index (χ0n) is 13.2. The molecule has 0 N–H and O–H groups in total. The molecule has 1 fully saturated rings. The lowest BCUT2D eigenvalue weighted by Crippen LogP contribution is -2.32. The van der Waals surface area contributed by atoms with Crippen molar-refractivity contribution in [2.45, 2.75) is 52.6 Å². The topological polar surface area (TPSA) is 47.1 Å². The van der Waals surface area contributed by atoms with E-state index >= 15 is 0 Å². The molecule has 0 radical (unpaired) electrons. The van der Waals surface area contributed by atoms with E-state index in [1.807, 2.05) is 24.7 Å². The predicted octanol–water partition coefficient (Wildman–Crippen LogP) is 2.89. The Morgan fingerprint density at radius 2 is 2.05 bits per heavy atom. The van der Waals surface area contributed by atoms with Gasteiger partial charge in [0.1, 0.15) is 5.76 Å². The van der Waals surface area contributed by atoms with E-state index in [1.165, 1.54) is 18.4 Å². The highest BCUT2D eigenvalue weighted by Gasteiger charge is 2.22. The number of hydrogen-bond donors (Lipinski definition) is 0. The fourth-order valence-electron chi connectivity index (χ4n) is 2.99. The number of aryl methyl sites for hydroxylation is 3. The van der Waals surface area contributed by atoms with Crippen molar-refractivity contribution in [2.24, 2.45) is 0 Å². The van der Waals surface area contributed by atoms with Crippen molar-refractivity contribution in [3.63, 3.8) is 0 Å². The lowest BCUT2D eigenvalue weighted by atomic mass is 9.91. The second-order valence-corrected chi connectivity index (χ2v) is 5.93. The molecule has 2 aromatic heterocycles. The smallest absolute Gasteiger partial charge is 0.208 e. The van der Waals surface area contributed by atoms with Crippen LogP contribution in [0.5, 0.6) is 0 Å². The first-order valence-corrected chi connectivity index (χ1v) is 7.83. The molecule has 114 valence electrons. The maximum Gasteiger partial charge on any atom is 0.208 e. The molecular weight excluding hydrogens is 264 g/mol. The van der Waals surface area contributed by atoms with Gasteiger partial charge in [-0.25, -0.2) is 4.98 Å². The van der Waals surface area contributed by atoms with E-state index in [-0.39, 0.29) is 0 Å². The van der Waals surface area contributed by atoms with Crippen LogP contribution in [0.1, 0.15) is 48.6 Å². The van der Waals surface area contributed by atoms with Gasteiger partial charge in [-0.1, -0.05) is 0 Å². The zero-order valence-corrected chi connectivity index (χ0v) is 13.2. The molecule has 0 aliphatic carbocycles. The number of aromatic nitrogens is 3. The van der Waals surface area contributed by atoms with Crippen molar-refractivity contribution in [3.8, 4) is 0 Å². The molecule has 0 atom stereocenters. The third-order valence-corrected chi connectivity index (χ3v) is 4.47. The minimum Gasteiger partial charge on any atom is -0.444 e. The van der Waals surface area contributed by atoms with Gasteiger partial charge in [0.2, 0.25) is 5.89 Å². The number of piperidine rings is 1. The zero-order chi connectivity index (χ0) is 14.8. The molecule has 0 bridgehead atoms. The summed E-state index contributed by atoms with van der Waals surface area (Å²) in [5.74, 6) is 2.43.